The number of hydrogen-bond acceptors (Lipinski definition) is 5. The minimum atomic E-state index is -1.30. The molecule has 1 rings (SSSR count). The minimum absolute atomic E-state index is 0.152. The predicted octanol–water partition coefficient (Wildman–Crippen LogP) is -2.51. The average Bonchev–Trinajstić information content (AvgIpc) is 2.33. The summed E-state index contributed by atoms with van der Waals surface area (Å²) in [6, 6.07) is 0.764. The van der Waals surface area contributed by atoms with Gasteiger partial charge < -0.3 is 15.5 Å². The lowest BCUT2D eigenvalue weighted by Gasteiger charge is -2.13. The third-order valence-corrected chi connectivity index (χ3v) is 2.24. The normalized spacial score (nSPS) is 11.8. The Morgan fingerprint density at radius 2 is 2.05 bits per heavy atom. The van der Waals surface area contributed by atoms with Crippen molar-refractivity contribution in [1.82, 2.24) is 15.1 Å². The molecule has 1 aromatic heterocycles. The van der Waals surface area contributed by atoms with E-state index in [4.69, 9.17) is 10.2 Å². The smallest absolute Gasteiger partial charge is 0.326 e. The molecule has 1 amide bonds. The average molecular weight is 271 g/mol. The van der Waals surface area contributed by atoms with Gasteiger partial charge in [0.25, 0.3) is 11.1 Å². The molecule has 1 aromatic rings. The summed E-state index contributed by atoms with van der Waals surface area (Å²) in [4.78, 5) is 44.6. The molecular weight excluding hydrogens is 258 g/mol. The monoisotopic (exact) mass is 271 g/mol. The Hall–Kier alpha value is -2.42. The largest absolute Gasteiger partial charge is 0.480 e. The molecule has 0 aliphatic rings. The van der Waals surface area contributed by atoms with Crippen LogP contribution in [0.15, 0.2) is 21.7 Å². The summed E-state index contributed by atoms with van der Waals surface area (Å²) in [5.74, 6) is -2.05. The molecule has 0 bridgehead atoms. The van der Waals surface area contributed by atoms with Gasteiger partial charge in [-0.2, -0.15) is 0 Å². The van der Waals surface area contributed by atoms with Crippen molar-refractivity contribution >= 4 is 11.9 Å². The van der Waals surface area contributed by atoms with E-state index in [9.17, 15) is 19.2 Å². The summed E-state index contributed by atoms with van der Waals surface area (Å²) < 4.78 is 0.759. The maximum Gasteiger partial charge on any atom is 0.326 e. The number of nitrogens with zero attached hydrogens (tertiary/aromatic N) is 1. The topological polar surface area (TPSA) is 141 Å². The van der Waals surface area contributed by atoms with Crippen molar-refractivity contribution in [3.05, 3.63) is 32.8 Å². The van der Waals surface area contributed by atoms with Crippen LogP contribution in [0, 0.1) is 0 Å². The number of carboxylic acids is 1. The SMILES string of the molecule is O=C(Cn1[nH]c(=O)ccc1=O)N[C@H](CCO)C(=O)O. The summed E-state index contributed by atoms with van der Waals surface area (Å²) in [5, 5.41) is 21.7. The molecular formula is C10H13N3O6. The van der Waals surface area contributed by atoms with Crippen LogP contribution in [0.4, 0.5) is 0 Å². The summed E-state index contributed by atoms with van der Waals surface area (Å²) in [5.41, 5.74) is -1.15. The highest BCUT2D eigenvalue weighted by atomic mass is 16.4. The zero-order valence-corrected chi connectivity index (χ0v) is 9.83. The number of hydrogen-bond donors (Lipinski definition) is 4. The van der Waals surface area contributed by atoms with Crippen LogP contribution in [0.5, 0.6) is 0 Å². The van der Waals surface area contributed by atoms with E-state index in [1.54, 1.807) is 0 Å². The molecule has 9 nitrogen and oxygen atoms in total. The third kappa shape index (κ3) is 4.39. The first-order valence-electron chi connectivity index (χ1n) is 5.37. The van der Waals surface area contributed by atoms with Crippen LogP contribution >= 0.6 is 0 Å². The zero-order chi connectivity index (χ0) is 14.4. The maximum absolute atomic E-state index is 11.5. The number of amides is 1. The summed E-state index contributed by atoms with van der Waals surface area (Å²) >= 11 is 0. The van der Waals surface area contributed by atoms with Crippen LogP contribution in [-0.4, -0.2) is 44.5 Å². The number of aromatic amines is 1. The Morgan fingerprint density at radius 3 is 2.63 bits per heavy atom. The molecule has 9 heteroatoms. The Labute approximate surface area is 106 Å². The number of H-pyrrole nitrogens is 1. The second-order valence-electron chi connectivity index (χ2n) is 3.70. The number of rotatable bonds is 6. The number of aliphatic carboxylic acids is 1. The van der Waals surface area contributed by atoms with Crippen molar-refractivity contribution in [2.75, 3.05) is 6.61 Å². The van der Waals surface area contributed by atoms with Gasteiger partial charge in [0.1, 0.15) is 12.6 Å². The maximum atomic E-state index is 11.5. The van der Waals surface area contributed by atoms with Gasteiger partial charge in [0.2, 0.25) is 5.91 Å². The fourth-order valence-electron chi connectivity index (χ4n) is 1.35. The predicted molar refractivity (Wildman–Crippen MR) is 62.6 cm³/mol. The highest BCUT2D eigenvalue weighted by Gasteiger charge is 2.19. The molecule has 0 aliphatic carbocycles. The Bertz CT molecular complexity index is 575. The first-order chi connectivity index (χ1) is 8.93. The highest BCUT2D eigenvalue weighted by Crippen LogP contribution is 1.91. The van der Waals surface area contributed by atoms with Crippen LogP contribution < -0.4 is 16.4 Å². The van der Waals surface area contributed by atoms with Crippen LogP contribution in [0.3, 0.4) is 0 Å². The van der Waals surface area contributed by atoms with Gasteiger partial charge in [-0.25, -0.2) is 9.48 Å². The van der Waals surface area contributed by atoms with Crippen LogP contribution in [0.1, 0.15) is 6.42 Å². The van der Waals surface area contributed by atoms with Gasteiger partial charge in [0.05, 0.1) is 0 Å². The van der Waals surface area contributed by atoms with Crippen molar-refractivity contribution in [2.45, 2.75) is 19.0 Å². The summed E-state index contributed by atoms with van der Waals surface area (Å²) in [7, 11) is 0. The molecule has 0 unspecified atom stereocenters. The summed E-state index contributed by atoms with van der Waals surface area (Å²) in [6.45, 7) is -0.913. The Kier molecular flexibility index (Phi) is 5.01. The van der Waals surface area contributed by atoms with Gasteiger partial charge in [0, 0.05) is 25.2 Å². The first kappa shape index (κ1) is 14.6. The minimum Gasteiger partial charge on any atom is -0.480 e. The van der Waals surface area contributed by atoms with Crippen molar-refractivity contribution in [3.63, 3.8) is 0 Å². The second-order valence-corrected chi connectivity index (χ2v) is 3.70. The van der Waals surface area contributed by atoms with E-state index in [0.29, 0.717) is 0 Å². The van der Waals surface area contributed by atoms with E-state index in [0.717, 1.165) is 16.8 Å². The van der Waals surface area contributed by atoms with Gasteiger partial charge in [-0.3, -0.25) is 19.5 Å². The molecule has 104 valence electrons. The van der Waals surface area contributed by atoms with E-state index in [-0.39, 0.29) is 6.42 Å². The number of aliphatic hydroxyl groups excluding tert-OH is 1. The third-order valence-electron chi connectivity index (χ3n) is 2.24. The molecule has 0 aliphatic heterocycles. The first-order valence-corrected chi connectivity index (χ1v) is 5.37. The van der Waals surface area contributed by atoms with E-state index in [1.807, 2.05) is 0 Å². The highest BCUT2D eigenvalue weighted by molar-refractivity contribution is 5.83. The molecule has 0 radical (unpaired) electrons. The fraction of sp³-hybridized carbons (Fsp3) is 0.400. The number of nitrogens with one attached hydrogen (secondary N) is 2. The molecule has 0 saturated carbocycles. The van der Waals surface area contributed by atoms with Gasteiger partial charge in [-0.15, -0.1) is 0 Å². The van der Waals surface area contributed by atoms with E-state index in [2.05, 4.69) is 10.4 Å². The van der Waals surface area contributed by atoms with Gasteiger partial charge in [0.15, 0.2) is 0 Å². The lowest BCUT2D eigenvalue weighted by molar-refractivity contribution is -0.142. The number of carbonyl (C=O) groups excluding carboxylic acids is 1. The van der Waals surface area contributed by atoms with Crippen molar-refractivity contribution in [2.24, 2.45) is 0 Å². The standard InChI is InChI=1S/C10H13N3O6/c14-4-3-6(10(18)19)11-8(16)5-13-9(17)2-1-7(15)12-13/h1-2,6,14H,3-5H2,(H,11,16)(H,12,15)(H,18,19)/t6-/m1/s1. The molecule has 1 heterocycles. The number of carbonyl (C=O) groups is 2. The quantitative estimate of drug-likeness (QED) is 0.450. The fourth-order valence-corrected chi connectivity index (χ4v) is 1.35. The molecule has 0 fully saturated rings. The van der Waals surface area contributed by atoms with Gasteiger partial charge in [-0.05, 0) is 0 Å². The van der Waals surface area contributed by atoms with Crippen molar-refractivity contribution in [3.8, 4) is 0 Å². The van der Waals surface area contributed by atoms with Gasteiger partial charge in [-0.1, -0.05) is 0 Å². The lowest BCUT2D eigenvalue weighted by atomic mass is 10.2. The summed E-state index contributed by atoms with van der Waals surface area (Å²) in [6.07, 6.45) is -0.152. The molecule has 0 saturated heterocycles. The molecule has 1 atom stereocenters. The van der Waals surface area contributed by atoms with Crippen molar-refractivity contribution < 1.29 is 19.8 Å². The van der Waals surface area contributed by atoms with Crippen molar-refractivity contribution in [1.29, 1.82) is 0 Å². The molecule has 0 aromatic carbocycles. The Balaban J connectivity index is 2.74. The van der Waals surface area contributed by atoms with E-state index >= 15 is 0 Å². The van der Waals surface area contributed by atoms with Crippen LogP contribution in [-0.2, 0) is 16.1 Å². The van der Waals surface area contributed by atoms with Crippen LogP contribution in [0.25, 0.3) is 0 Å². The molecule has 0 spiro atoms. The second kappa shape index (κ2) is 6.50. The van der Waals surface area contributed by atoms with E-state index in [1.165, 1.54) is 0 Å². The number of carboxylic acid groups (broad SMARTS) is 1. The van der Waals surface area contributed by atoms with Gasteiger partial charge >= 0.3 is 5.97 Å². The number of aromatic nitrogens is 2. The molecule has 4 N–H and O–H groups in total. The molecule has 19 heavy (non-hydrogen) atoms. The Morgan fingerprint density at radius 1 is 1.37 bits per heavy atom. The van der Waals surface area contributed by atoms with Crippen LogP contribution in [0.2, 0.25) is 0 Å². The lowest BCUT2D eigenvalue weighted by Crippen LogP contribution is -2.44. The van der Waals surface area contributed by atoms with E-state index < -0.39 is 42.2 Å². The number of aliphatic hydroxyl groups is 1. The zero-order valence-electron chi connectivity index (χ0n) is 9.83.